The number of para-hydroxylation sites is 1. The molecular weight excluding hydrogens is 198 g/mol. The van der Waals surface area contributed by atoms with E-state index in [1.165, 1.54) is 18.2 Å². The molecule has 1 aromatic carbocycles. The molecule has 0 saturated carbocycles. The molecule has 1 N–H and O–H groups in total. The fourth-order valence-corrected chi connectivity index (χ4v) is 2.59. The largest absolute Gasteiger partial charge is 0.461 e. The second kappa shape index (κ2) is 3.95. The zero-order chi connectivity index (χ0) is 11.0. The topological polar surface area (TPSA) is 25.2 Å². The summed E-state index contributed by atoms with van der Waals surface area (Å²) in [4.78, 5) is 0. The Morgan fingerprint density at radius 3 is 3.00 bits per heavy atom. The predicted octanol–water partition coefficient (Wildman–Crippen LogP) is 3.29. The highest BCUT2D eigenvalue weighted by Crippen LogP contribution is 2.31. The third kappa shape index (κ3) is 1.74. The standard InChI is InChI=1S/C14H17NO/c1-10-8-12(6-7-15-10)14-9-11-4-2-3-5-13(11)16-14/h2-5,9-10,12,15H,6-8H2,1H3/t10-,12-/m0/s1. The summed E-state index contributed by atoms with van der Waals surface area (Å²) in [6, 6.07) is 11.1. The van der Waals surface area contributed by atoms with E-state index in [0.29, 0.717) is 12.0 Å². The molecule has 0 spiro atoms. The van der Waals surface area contributed by atoms with Crippen molar-refractivity contribution in [2.45, 2.75) is 31.7 Å². The molecule has 0 aliphatic carbocycles. The molecule has 2 aromatic rings. The molecule has 1 aromatic heterocycles. The molecule has 0 radical (unpaired) electrons. The molecule has 1 fully saturated rings. The van der Waals surface area contributed by atoms with Crippen molar-refractivity contribution in [2.75, 3.05) is 6.54 Å². The van der Waals surface area contributed by atoms with Gasteiger partial charge in [-0.05, 0) is 38.4 Å². The van der Waals surface area contributed by atoms with Crippen molar-refractivity contribution in [1.29, 1.82) is 0 Å². The van der Waals surface area contributed by atoms with E-state index < -0.39 is 0 Å². The molecule has 2 heteroatoms. The normalized spacial score (nSPS) is 26.1. The number of rotatable bonds is 1. The van der Waals surface area contributed by atoms with Crippen LogP contribution in [0.25, 0.3) is 11.0 Å². The summed E-state index contributed by atoms with van der Waals surface area (Å²) >= 11 is 0. The van der Waals surface area contributed by atoms with Gasteiger partial charge in [0.2, 0.25) is 0 Å². The minimum Gasteiger partial charge on any atom is -0.461 e. The Morgan fingerprint density at radius 2 is 2.19 bits per heavy atom. The molecule has 1 aliphatic heterocycles. The van der Waals surface area contributed by atoms with Gasteiger partial charge in [0.05, 0.1) is 0 Å². The predicted molar refractivity (Wildman–Crippen MR) is 65.7 cm³/mol. The molecule has 2 heterocycles. The summed E-state index contributed by atoms with van der Waals surface area (Å²) < 4.78 is 5.93. The van der Waals surface area contributed by atoms with Gasteiger partial charge in [-0.1, -0.05) is 18.2 Å². The van der Waals surface area contributed by atoms with Crippen molar-refractivity contribution in [3.05, 3.63) is 36.1 Å². The maximum absolute atomic E-state index is 5.93. The number of nitrogens with one attached hydrogen (secondary N) is 1. The van der Waals surface area contributed by atoms with E-state index in [-0.39, 0.29) is 0 Å². The SMILES string of the molecule is C[C@H]1C[C@@H](c2cc3ccccc3o2)CCN1. The van der Waals surface area contributed by atoms with Crippen LogP contribution in [0.5, 0.6) is 0 Å². The van der Waals surface area contributed by atoms with Crippen molar-refractivity contribution in [2.24, 2.45) is 0 Å². The zero-order valence-corrected chi connectivity index (χ0v) is 9.57. The molecule has 1 aliphatic rings. The lowest BCUT2D eigenvalue weighted by atomic mass is 9.91. The van der Waals surface area contributed by atoms with Crippen LogP contribution in [0.2, 0.25) is 0 Å². The van der Waals surface area contributed by atoms with Gasteiger partial charge >= 0.3 is 0 Å². The summed E-state index contributed by atoms with van der Waals surface area (Å²) in [5.41, 5.74) is 1.02. The molecule has 0 bridgehead atoms. The molecule has 3 rings (SSSR count). The van der Waals surface area contributed by atoms with E-state index in [1.807, 2.05) is 12.1 Å². The molecule has 84 valence electrons. The Labute approximate surface area is 95.6 Å². The Kier molecular flexibility index (Phi) is 2.44. The highest BCUT2D eigenvalue weighted by Gasteiger charge is 2.22. The first-order valence-electron chi connectivity index (χ1n) is 6.05. The van der Waals surface area contributed by atoms with Crippen LogP contribution in [0.3, 0.4) is 0 Å². The van der Waals surface area contributed by atoms with Crippen molar-refractivity contribution >= 4 is 11.0 Å². The third-order valence-corrected chi connectivity index (χ3v) is 3.47. The van der Waals surface area contributed by atoms with Gasteiger partial charge in [0.15, 0.2) is 0 Å². The Morgan fingerprint density at radius 1 is 1.31 bits per heavy atom. The van der Waals surface area contributed by atoms with Crippen molar-refractivity contribution < 1.29 is 4.42 Å². The molecule has 2 nitrogen and oxygen atoms in total. The van der Waals surface area contributed by atoms with Gasteiger partial charge in [-0.15, -0.1) is 0 Å². The van der Waals surface area contributed by atoms with Gasteiger partial charge in [-0.3, -0.25) is 0 Å². The van der Waals surface area contributed by atoms with E-state index in [2.05, 4.69) is 30.4 Å². The van der Waals surface area contributed by atoms with E-state index >= 15 is 0 Å². The summed E-state index contributed by atoms with van der Waals surface area (Å²) in [5.74, 6) is 1.75. The van der Waals surface area contributed by atoms with Gasteiger partial charge < -0.3 is 9.73 Å². The second-order valence-electron chi connectivity index (χ2n) is 4.76. The number of hydrogen-bond acceptors (Lipinski definition) is 2. The lowest BCUT2D eigenvalue weighted by Crippen LogP contribution is -2.34. The zero-order valence-electron chi connectivity index (χ0n) is 9.57. The molecule has 1 saturated heterocycles. The number of benzene rings is 1. The van der Waals surface area contributed by atoms with Crippen molar-refractivity contribution in [3.63, 3.8) is 0 Å². The highest BCUT2D eigenvalue weighted by atomic mass is 16.3. The van der Waals surface area contributed by atoms with Crippen molar-refractivity contribution in [1.82, 2.24) is 5.32 Å². The van der Waals surface area contributed by atoms with Crippen LogP contribution in [-0.2, 0) is 0 Å². The smallest absolute Gasteiger partial charge is 0.134 e. The highest BCUT2D eigenvalue weighted by molar-refractivity contribution is 5.77. The van der Waals surface area contributed by atoms with Crippen LogP contribution in [0, 0.1) is 0 Å². The van der Waals surface area contributed by atoms with E-state index in [0.717, 1.165) is 17.9 Å². The average Bonchev–Trinajstić information content (AvgIpc) is 2.72. The van der Waals surface area contributed by atoms with Crippen LogP contribution in [0.1, 0.15) is 31.4 Å². The molecule has 0 amide bonds. The number of fused-ring (bicyclic) bond motifs is 1. The summed E-state index contributed by atoms with van der Waals surface area (Å²) in [6.45, 7) is 3.34. The summed E-state index contributed by atoms with van der Waals surface area (Å²) in [6.07, 6.45) is 2.37. The number of hydrogen-bond donors (Lipinski definition) is 1. The Hall–Kier alpha value is -1.28. The number of piperidine rings is 1. The van der Waals surface area contributed by atoms with Crippen LogP contribution in [0.15, 0.2) is 34.7 Å². The minimum absolute atomic E-state index is 0.587. The first-order chi connectivity index (χ1) is 7.83. The van der Waals surface area contributed by atoms with E-state index in [1.54, 1.807) is 0 Å². The number of furan rings is 1. The lowest BCUT2D eigenvalue weighted by molar-refractivity contribution is 0.344. The Bertz CT molecular complexity index is 455. The van der Waals surface area contributed by atoms with Crippen LogP contribution in [0.4, 0.5) is 0 Å². The Balaban J connectivity index is 1.93. The van der Waals surface area contributed by atoms with Crippen LogP contribution < -0.4 is 5.32 Å². The average molecular weight is 215 g/mol. The fourth-order valence-electron chi connectivity index (χ4n) is 2.59. The quantitative estimate of drug-likeness (QED) is 0.789. The van der Waals surface area contributed by atoms with Gasteiger partial charge in [0.25, 0.3) is 0 Å². The van der Waals surface area contributed by atoms with Gasteiger partial charge in [0.1, 0.15) is 11.3 Å². The van der Waals surface area contributed by atoms with E-state index in [4.69, 9.17) is 4.42 Å². The van der Waals surface area contributed by atoms with Crippen molar-refractivity contribution in [3.8, 4) is 0 Å². The van der Waals surface area contributed by atoms with Gasteiger partial charge in [0, 0.05) is 17.3 Å². The van der Waals surface area contributed by atoms with E-state index in [9.17, 15) is 0 Å². The first kappa shape index (κ1) is 9.91. The summed E-state index contributed by atoms with van der Waals surface area (Å²) in [5, 5.41) is 4.70. The summed E-state index contributed by atoms with van der Waals surface area (Å²) in [7, 11) is 0. The van der Waals surface area contributed by atoms with Crippen LogP contribution in [-0.4, -0.2) is 12.6 Å². The fraction of sp³-hybridized carbons (Fsp3) is 0.429. The van der Waals surface area contributed by atoms with Crippen LogP contribution >= 0.6 is 0 Å². The first-order valence-corrected chi connectivity index (χ1v) is 6.05. The van der Waals surface area contributed by atoms with Gasteiger partial charge in [-0.25, -0.2) is 0 Å². The maximum Gasteiger partial charge on any atom is 0.134 e. The van der Waals surface area contributed by atoms with Gasteiger partial charge in [-0.2, -0.15) is 0 Å². The molecule has 0 unspecified atom stereocenters. The minimum atomic E-state index is 0.587. The maximum atomic E-state index is 5.93. The lowest BCUT2D eigenvalue weighted by Gasteiger charge is -2.26. The molecular formula is C14H17NO. The molecule has 2 atom stereocenters. The second-order valence-corrected chi connectivity index (χ2v) is 4.76. The molecule has 16 heavy (non-hydrogen) atoms. The monoisotopic (exact) mass is 215 g/mol. The third-order valence-electron chi connectivity index (χ3n) is 3.47.